The lowest BCUT2D eigenvalue weighted by atomic mass is 10.1. The highest BCUT2D eigenvalue weighted by atomic mass is 32.2. The Morgan fingerprint density at radius 2 is 2.10 bits per heavy atom. The van der Waals surface area contributed by atoms with E-state index in [1.807, 2.05) is 17.5 Å². The summed E-state index contributed by atoms with van der Waals surface area (Å²) in [5.74, 6) is -0.186. The van der Waals surface area contributed by atoms with Gasteiger partial charge in [0.05, 0.1) is 18.6 Å². The van der Waals surface area contributed by atoms with Gasteiger partial charge in [-0.15, -0.1) is 11.8 Å². The molecule has 0 spiro atoms. The maximum absolute atomic E-state index is 12.2. The zero-order valence-electron chi connectivity index (χ0n) is 11.9. The third kappa shape index (κ3) is 3.21. The molecule has 6 heteroatoms. The van der Waals surface area contributed by atoms with Crippen LogP contribution in [-0.4, -0.2) is 40.8 Å². The number of amides is 1. The Labute approximate surface area is 127 Å². The number of hydrogen-bond acceptors (Lipinski definition) is 4. The molecule has 1 atom stereocenters. The van der Waals surface area contributed by atoms with E-state index in [1.165, 1.54) is 16.7 Å². The smallest absolute Gasteiger partial charge is 0.326 e. The molecule has 1 N–H and O–H groups in total. The summed E-state index contributed by atoms with van der Waals surface area (Å²) in [5, 5.41) is 11.2. The molecule has 21 heavy (non-hydrogen) atoms. The number of carbonyl (C=O) groups excluding carboxylic acids is 1. The molecule has 2 rings (SSSR count). The lowest BCUT2D eigenvalue weighted by molar-refractivity contribution is -0.146. The summed E-state index contributed by atoms with van der Waals surface area (Å²) in [7, 11) is 1.58. The third-order valence-corrected chi connectivity index (χ3v) is 4.10. The number of hydrogen-bond donors (Lipinski definition) is 1. The maximum atomic E-state index is 12.2. The number of methoxy groups -OCH3 is 1. The second-order valence-corrected chi connectivity index (χ2v) is 5.43. The summed E-state index contributed by atoms with van der Waals surface area (Å²) in [6, 6.07) is 6.39. The minimum atomic E-state index is -0.989. The van der Waals surface area contributed by atoms with Crippen molar-refractivity contribution in [3.63, 3.8) is 0 Å². The van der Waals surface area contributed by atoms with E-state index >= 15 is 0 Å². The first-order valence-electron chi connectivity index (χ1n) is 6.59. The quantitative estimate of drug-likeness (QED) is 0.905. The van der Waals surface area contributed by atoms with Crippen molar-refractivity contribution in [1.82, 2.24) is 4.90 Å². The highest BCUT2D eigenvalue weighted by Gasteiger charge is 2.33. The van der Waals surface area contributed by atoms with E-state index in [-0.39, 0.29) is 11.7 Å². The summed E-state index contributed by atoms with van der Waals surface area (Å²) >= 11 is 1.38. The van der Waals surface area contributed by atoms with Crippen molar-refractivity contribution in [3.8, 4) is 5.75 Å². The Kier molecular flexibility index (Phi) is 4.90. The van der Waals surface area contributed by atoms with Gasteiger partial charge in [-0.1, -0.05) is 6.92 Å². The predicted molar refractivity (Wildman–Crippen MR) is 82.0 cm³/mol. The van der Waals surface area contributed by atoms with Crippen LogP contribution in [0.4, 0.5) is 0 Å². The van der Waals surface area contributed by atoms with Gasteiger partial charge in [-0.25, -0.2) is 4.79 Å². The lowest BCUT2D eigenvalue weighted by Gasteiger charge is -2.33. The van der Waals surface area contributed by atoms with Gasteiger partial charge in [-0.2, -0.15) is 0 Å². The summed E-state index contributed by atoms with van der Waals surface area (Å²) in [5.41, 5.74) is 1.43. The first kappa shape index (κ1) is 15.4. The molecule has 0 fully saturated rings. The molecule has 5 nitrogen and oxygen atoms in total. The van der Waals surface area contributed by atoms with Gasteiger partial charge in [0.15, 0.2) is 0 Å². The van der Waals surface area contributed by atoms with Gasteiger partial charge in [0, 0.05) is 0 Å². The molecule has 1 heterocycles. The first-order valence-corrected chi connectivity index (χ1v) is 7.64. The Morgan fingerprint density at radius 1 is 1.43 bits per heavy atom. The zero-order valence-corrected chi connectivity index (χ0v) is 12.7. The number of rotatable bonds is 5. The van der Waals surface area contributed by atoms with Gasteiger partial charge >= 0.3 is 5.97 Å². The maximum Gasteiger partial charge on any atom is 0.326 e. The van der Waals surface area contributed by atoms with Crippen molar-refractivity contribution < 1.29 is 19.4 Å². The number of thioether (sulfide) groups is 1. The lowest BCUT2D eigenvalue weighted by Crippen LogP contribution is -2.45. The molecular formula is C15H17NO4S. The molecule has 0 bridgehead atoms. The second-order valence-electron chi connectivity index (χ2n) is 4.57. The number of nitrogens with zero attached hydrogens (tertiary/aromatic N) is 1. The van der Waals surface area contributed by atoms with Crippen LogP contribution in [0.15, 0.2) is 29.7 Å². The zero-order chi connectivity index (χ0) is 15.4. The fourth-order valence-electron chi connectivity index (χ4n) is 2.23. The van der Waals surface area contributed by atoms with Gasteiger partial charge in [-0.05, 0) is 41.7 Å². The van der Waals surface area contributed by atoms with Gasteiger partial charge < -0.3 is 9.84 Å². The Hall–Kier alpha value is -1.95. The minimum Gasteiger partial charge on any atom is -0.497 e. The monoisotopic (exact) mass is 307 g/mol. The number of carbonyl (C=O) groups is 2. The normalized spacial score (nSPS) is 16.4. The minimum absolute atomic E-state index is 0.178. The molecule has 0 aromatic heterocycles. The Bertz CT molecular complexity index is 568. The molecule has 0 saturated carbocycles. The molecule has 1 aliphatic heterocycles. The third-order valence-electron chi connectivity index (χ3n) is 3.30. The van der Waals surface area contributed by atoms with Crippen molar-refractivity contribution in [2.24, 2.45) is 0 Å². The van der Waals surface area contributed by atoms with Crippen LogP contribution in [0, 0.1) is 0 Å². The van der Waals surface area contributed by atoms with Crippen LogP contribution >= 0.6 is 11.8 Å². The standard InChI is InChI=1S/C15H17NO4S/c1-3-12(15(18)19)16-13(8-21-9-14(16)17)10-4-6-11(20-2)7-5-10/h4-8,12H,3,9H2,1-2H3,(H,18,19). The molecule has 0 saturated heterocycles. The van der Waals surface area contributed by atoms with Gasteiger partial charge in [0.25, 0.3) is 0 Å². The average Bonchev–Trinajstić information content (AvgIpc) is 2.49. The fourth-order valence-corrected chi connectivity index (χ4v) is 3.00. The number of carboxylic acids is 1. The van der Waals surface area contributed by atoms with Crippen LogP contribution in [0.3, 0.4) is 0 Å². The topological polar surface area (TPSA) is 66.8 Å². The molecule has 1 aromatic rings. The van der Waals surface area contributed by atoms with Crippen LogP contribution < -0.4 is 4.74 Å². The van der Waals surface area contributed by atoms with E-state index in [9.17, 15) is 14.7 Å². The molecule has 112 valence electrons. The summed E-state index contributed by atoms with van der Waals surface area (Å²) in [4.78, 5) is 25.0. The number of carboxylic acid groups (broad SMARTS) is 1. The molecule has 1 amide bonds. The second kappa shape index (κ2) is 6.67. The average molecular weight is 307 g/mol. The predicted octanol–water partition coefficient (Wildman–Crippen LogP) is 2.43. The van der Waals surface area contributed by atoms with Crippen LogP contribution in [0.2, 0.25) is 0 Å². The van der Waals surface area contributed by atoms with Crippen molar-refractivity contribution in [1.29, 1.82) is 0 Å². The Balaban J connectivity index is 2.39. The van der Waals surface area contributed by atoms with Crippen LogP contribution in [0.5, 0.6) is 5.75 Å². The van der Waals surface area contributed by atoms with E-state index in [4.69, 9.17) is 4.74 Å². The van der Waals surface area contributed by atoms with Gasteiger partial charge in [0.2, 0.25) is 5.91 Å². The van der Waals surface area contributed by atoms with Crippen LogP contribution in [-0.2, 0) is 9.59 Å². The van der Waals surface area contributed by atoms with E-state index in [0.717, 1.165) is 5.56 Å². The molecule has 0 aliphatic carbocycles. The molecule has 0 radical (unpaired) electrons. The highest BCUT2D eigenvalue weighted by Crippen LogP contribution is 2.31. The van der Waals surface area contributed by atoms with E-state index in [2.05, 4.69) is 0 Å². The highest BCUT2D eigenvalue weighted by molar-refractivity contribution is 8.03. The van der Waals surface area contributed by atoms with Gasteiger partial charge in [0.1, 0.15) is 11.8 Å². The van der Waals surface area contributed by atoms with Gasteiger partial charge in [-0.3, -0.25) is 9.69 Å². The fraction of sp³-hybridized carbons (Fsp3) is 0.333. The van der Waals surface area contributed by atoms with Crippen molar-refractivity contribution in [2.45, 2.75) is 19.4 Å². The van der Waals surface area contributed by atoms with E-state index in [1.54, 1.807) is 26.2 Å². The summed E-state index contributed by atoms with van der Waals surface area (Å²) < 4.78 is 5.11. The van der Waals surface area contributed by atoms with Crippen molar-refractivity contribution >= 4 is 29.3 Å². The van der Waals surface area contributed by atoms with Crippen LogP contribution in [0.25, 0.3) is 5.70 Å². The number of aliphatic carboxylic acids is 1. The van der Waals surface area contributed by atoms with Crippen molar-refractivity contribution in [3.05, 3.63) is 35.2 Å². The molecular weight excluding hydrogens is 290 g/mol. The summed E-state index contributed by atoms with van der Waals surface area (Å²) in [6.45, 7) is 1.76. The van der Waals surface area contributed by atoms with E-state index < -0.39 is 12.0 Å². The molecule has 1 aliphatic rings. The largest absolute Gasteiger partial charge is 0.497 e. The number of ether oxygens (including phenoxy) is 1. The van der Waals surface area contributed by atoms with Crippen molar-refractivity contribution in [2.75, 3.05) is 12.9 Å². The molecule has 1 unspecified atom stereocenters. The number of benzene rings is 1. The molecule has 1 aromatic carbocycles. The summed E-state index contributed by atoms with van der Waals surface area (Å²) in [6.07, 6.45) is 0.360. The van der Waals surface area contributed by atoms with Crippen LogP contribution in [0.1, 0.15) is 18.9 Å². The Morgan fingerprint density at radius 3 is 2.62 bits per heavy atom. The SMILES string of the molecule is CCC(C(=O)O)N1C(=O)CSC=C1c1ccc(OC)cc1. The van der Waals surface area contributed by atoms with E-state index in [0.29, 0.717) is 17.9 Å². The first-order chi connectivity index (χ1) is 10.1.